The summed E-state index contributed by atoms with van der Waals surface area (Å²) in [6.45, 7) is 3.87. The Morgan fingerprint density at radius 1 is 1.53 bits per heavy atom. The summed E-state index contributed by atoms with van der Waals surface area (Å²) >= 11 is 0. The molecule has 0 amide bonds. The highest BCUT2D eigenvalue weighted by atomic mass is 16.5. The van der Waals surface area contributed by atoms with Gasteiger partial charge in [-0.05, 0) is 26.0 Å². The number of aryl methyl sites for hydroxylation is 2. The number of hydrogen-bond acceptors (Lipinski definition) is 5. The van der Waals surface area contributed by atoms with Gasteiger partial charge in [-0.2, -0.15) is 4.98 Å². The summed E-state index contributed by atoms with van der Waals surface area (Å²) in [5.41, 5.74) is 0. The van der Waals surface area contributed by atoms with Crippen LogP contribution in [0, 0.1) is 6.92 Å². The molecule has 2 rings (SSSR count). The van der Waals surface area contributed by atoms with Gasteiger partial charge in [-0.1, -0.05) is 0 Å². The van der Waals surface area contributed by atoms with Crippen LogP contribution in [-0.4, -0.2) is 27.3 Å². The molecule has 90 valence electrons. The third-order valence-electron chi connectivity index (χ3n) is 2.18. The zero-order valence-corrected chi connectivity index (χ0v) is 9.93. The molecule has 0 saturated heterocycles. The molecule has 0 N–H and O–H groups in total. The number of esters is 1. The average molecular weight is 235 g/mol. The van der Waals surface area contributed by atoms with E-state index in [1.54, 1.807) is 20.0 Å². The van der Waals surface area contributed by atoms with Crippen LogP contribution in [-0.2, 0) is 11.8 Å². The molecule has 0 saturated carbocycles. The van der Waals surface area contributed by atoms with Crippen LogP contribution in [0.4, 0.5) is 0 Å². The van der Waals surface area contributed by atoms with Crippen molar-refractivity contribution in [3.8, 4) is 11.6 Å². The Kier molecular flexibility index (Phi) is 2.95. The number of aromatic nitrogens is 3. The van der Waals surface area contributed by atoms with Gasteiger partial charge in [0.25, 0.3) is 5.82 Å². The van der Waals surface area contributed by atoms with Crippen LogP contribution in [0.5, 0.6) is 0 Å². The molecule has 0 fully saturated rings. The summed E-state index contributed by atoms with van der Waals surface area (Å²) in [5.74, 6) is 1.37. The van der Waals surface area contributed by atoms with Crippen LogP contribution < -0.4 is 0 Å². The Bertz CT molecular complexity index is 542. The lowest BCUT2D eigenvalue weighted by molar-refractivity contribution is 0.0512. The first-order valence-electron chi connectivity index (χ1n) is 5.26. The van der Waals surface area contributed by atoms with Gasteiger partial charge in [0.05, 0.1) is 6.61 Å². The predicted octanol–water partition coefficient (Wildman–Crippen LogP) is 1.56. The fourth-order valence-corrected chi connectivity index (χ4v) is 1.44. The summed E-state index contributed by atoms with van der Waals surface area (Å²) in [4.78, 5) is 15.6. The maximum atomic E-state index is 11.5. The molecule has 2 heterocycles. The zero-order chi connectivity index (χ0) is 12.4. The van der Waals surface area contributed by atoms with E-state index in [2.05, 4.69) is 10.1 Å². The van der Waals surface area contributed by atoms with E-state index < -0.39 is 5.97 Å². The molecule has 6 heteroatoms. The number of rotatable bonds is 3. The van der Waals surface area contributed by atoms with E-state index in [4.69, 9.17) is 9.15 Å². The highest BCUT2D eigenvalue weighted by molar-refractivity contribution is 5.85. The molecule has 2 aromatic heterocycles. The molecule has 6 nitrogen and oxygen atoms in total. The lowest BCUT2D eigenvalue weighted by Gasteiger charge is -1.94. The van der Waals surface area contributed by atoms with Gasteiger partial charge in [0, 0.05) is 7.05 Å². The van der Waals surface area contributed by atoms with Gasteiger partial charge in [-0.15, -0.1) is 5.10 Å². The van der Waals surface area contributed by atoms with Crippen molar-refractivity contribution in [2.75, 3.05) is 6.61 Å². The summed E-state index contributed by atoms with van der Waals surface area (Å²) in [6.07, 6.45) is 0. The van der Waals surface area contributed by atoms with Crippen LogP contribution in [0.25, 0.3) is 11.6 Å². The van der Waals surface area contributed by atoms with Crippen molar-refractivity contribution in [1.29, 1.82) is 0 Å². The molecular weight excluding hydrogens is 222 g/mol. The van der Waals surface area contributed by atoms with Gasteiger partial charge in [0.2, 0.25) is 0 Å². The number of furan rings is 1. The van der Waals surface area contributed by atoms with E-state index in [0.29, 0.717) is 18.2 Å². The summed E-state index contributed by atoms with van der Waals surface area (Å²) in [5, 5.41) is 3.99. The molecule has 0 radical (unpaired) electrons. The first kappa shape index (κ1) is 11.4. The molecule has 0 aliphatic rings. The maximum absolute atomic E-state index is 11.5. The smallest absolute Gasteiger partial charge is 0.378 e. The standard InChI is InChI=1S/C11H13N3O3/c1-4-16-11(15)9-12-10(14(3)13-9)8-6-5-7(2)17-8/h5-6H,4H2,1-3H3. The third kappa shape index (κ3) is 2.20. The largest absolute Gasteiger partial charge is 0.460 e. The van der Waals surface area contributed by atoms with Crippen LogP contribution >= 0.6 is 0 Å². The Labute approximate surface area is 98.2 Å². The quantitative estimate of drug-likeness (QED) is 0.755. The number of carbonyl (C=O) groups excluding carboxylic acids is 1. The number of hydrogen-bond donors (Lipinski definition) is 0. The monoisotopic (exact) mass is 235 g/mol. The molecule has 0 atom stereocenters. The molecule has 0 aliphatic carbocycles. The summed E-state index contributed by atoms with van der Waals surface area (Å²) in [7, 11) is 1.70. The average Bonchev–Trinajstić information content (AvgIpc) is 2.85. The third-order valence-corrected chi connectivity index (χ3v) is 2.18. The van der Waals surface area contributed by atoms with E-state index in [9.17, 15) is 4.79 Å². The first-order chi connectivity index (χ1) is 8.11. The minimum absolute atomic E-state index is 0.0402. The van der Waals surface area contributed by atoms with E-state index in [1.165, 1.54) is 4.68 Å². The molecule has 0 spiro atoms. The Hall–Kier alpha value is -2.11. The van der Waals surface area contributed by atoms with Crippen molar-refractivity contribution >= 4 is 5.97 Å². The normalized spacial score (nSPS) is 10.5. The second kappa shape index (κ2) is 4.40. The van der Waals surface area contributed by atoms with Gasteiger partial charge < -0.3 is 9.15 Å². The van der Waals surface area contributed by atoms with E-state index in [1.807, 2.05) is 13.0 Å². The number of carbonyl (C=O) groups is 1. The summed E-state index contributed by atoms with van der Waals surface area (Å²) < 4.78 is 11.7. The van der Waals surface area contributed by atoms with E-state index >= 15 is 0 Å². The van der Waals surface area contributed by atoms with Crippen molar-refractivity contribution in [3.05, 3.63) is 23.7 Å². The van der Waals surface area contributed by atoms with Crippen LogP contribution in [0.2, 0.25) is 0 Å². The zero-order valence-electron chi connectivity index (χ0n) is 9.93. The number of ether oxygens (including phenoxy) is 1. The second-order valence-electron chi connectivity index (χ2n) is 3.51. The van der Waals surface area contributed by atoms with Crippen molar-refractivity contribution in [1.82, 2.24) is 14.8 Å². The van der Waals surface area contributed by atoms with Gasteiger partial charge in [-0.25, -0.2) is 9.48 Å². The first-order valence-corrected chi connectivity index (χ1v) is 5.26. The predicted molar refractivity (Wildman–Crippen MR) is 59.4 cm³/mol. The molecule has 17 heavy (non-hydrogen) atoms. The topological polar surface area (TPSA) is 70.2 Å². The molecule has 0 aromatic carbocycles. The second-order valence-corrected chi connectivity index (χ2v) is 3.51. The maximum Gasteiger partial charge on any atom is 0.378 e. The van der Waals surface area contributed by atoms with Crippen molar-refractivity contribution in [2.45, 2.75) is 13.8 Å². The van der Waals surface area contributed by atoms with Crippen LogP contribution in [0.3, 0.4) is 0 Å². The van der Waals surface area contributed by atoms with Crippen molar-refractivity contribution in [3.63, 3.8) is 0 Å². The fourth-order valence-electron chi connectivity index (χ4n) is 1.44. The van der Waals surface area contributed by atoms with Crippen molar-refractivity contribution < 1.29 is 13.9 Å². The lowest BCUT2D eigenvalue weighted by atomic mass is 10.4. The van der Waals surface area contributed by atoms with Gasteiger partial charge in [-0.3, -0.25) is 0 Å². The fraction of sp³-hybridized carbons (Fsp3) is 0.364. The molecule has 0 bridgehead atoms. The van der Waals surface area contributed by atoms with Gasteiger partial charge in [0.1, 0.15) is 5.76 Å². The van der Waals surface area contributed by atoms with Gasteiger partial charge in [0.15, 0.2) is 11.6 Å². The molecule has 2 aromatic rings. The van der Waals surface area contributed by atoms with Gasteiger partial charge >= 0.3 is 5.97 Å². The van der Waals surface area contributed by atoms with E-state index in [0.717, 1.165) is 5.76 Å². The molecular formula is C11H13N3O3. The van der Waals surface area contributed by atoms with Crippen molar-refractivity contribution in [2.24, 2.45) is 7.05 Å². The highest BCUT2D eigenvalue weighted by Crippen LogP contribution is 2.19. The van der Waals surface area contributed by atoms with Crippen LogP contribution in [0.1, 0.15) is 23.3 Å². The molecule has 0 unspecified atom stereocenters. The lowest BCUT2D eigenvalue weighted by Crippen LogP contribution is -2.07. The Morgan fingerprint density at radius 2 is 2.29 bits per heavy atom. The van der Waals surface area contributed by atoms with E-state index in [-0.39, 0.29) is 5.82 Å². The molecule has 0 aliphatic heterocycles. The SMILES string of the molecule is CCOC(=O)c1nc(-c2ccc(C)o2)n(C)n1. The Balaban J connectivity index is 2.34. The highest BCUT2D eigenvalue weighted by Gasteiger charge is 2.18. The minimum atomic E-state index is -0.530. The number of nitrogens with zero attached hydrogens (tertiary/aromatic N) is 3. The Morgan fingerprint density at radius 3 is 2.88 bits per heavy atom. The van der Waals surface area contributed by atoms with Crippen LogP contribution in [0.15, 0.2) is 16.5 Å². The minimum Gasteiger partial charge on any atom is -0.460 e. The summed E-state index contributed by atoms with van der Waals surface area (Å²) in [6, 6.07) is 3.61.